The van der Waals surface area contributed by atoms with E-state index in [0.717, 1.165) is 5.56 Å². The quantitative estimate of drug-likeness (QED) is 0.786. The minimum Gasteiger partial charge on any atom is -0.493 e. The topological polar surface area (TPSA) is 86.6 Å². The van der Waals surface area contributed by atoms with Gasteiger partial charge < -0.3 is 33.9 Å². The molecule has 2 aliphatic heterocycles. The molecular weight excluding hydrogens is 364 g/mol. The van der Waals surface area contributed by atoms with E-state index in [1.54, 1.807) is 32.4 Å². The van der Waals surface area contributed by atoms with E-state index in [2.05, 4.69) is 0 Å². The van der Waals surface area contributed by atoms with Crippen LogP contribution in [-0.4, -0.2) is 44.4 Å². The molecule has 2 N–H and O–H groups in total. The van der Waals surface area contributed by atoms with Gasteiger partial charge in [-0.1, -0.05) is 12.1 Å². The van der Waals surface area contributed by atoms with Crippen LogP contribution in [0, 0.1) is 11.8 Å². The Hall–Kier alpha value is -2.48. The highest BCUT2D eigenvalue weighted by Gasteiger charge is 2.42. The van der Waals surface area contributed by atoms with Gasteiger partial charge in [-0.05, 0) is 35.4 Å². The lowest BCUT2D eigenvalue weighted by molar-refractivity contribution is 0.0633. The van der Waals surface area contributed by atoms with Crippen molar-refractivity contribution in [3.63, 3.8) is 0 Å². The van der Waals surface area contributed by atoms with Gasteiger partial charge in [-0.15, -0.1) is 0 Å². The van der Waals surface area contributed by atoms with Crippen molar-refractivity contribution >= 4 is 0 Å². The van der Waals surface area contributed by atoms with Crippen molar-refractivity contribution in [3.05, 3.63) is 47.5 Å². The Morgan fingerprint density at radius 1 is 1.04 bits per heavy atom. The molecule has 1 fully saturated rings. The Bertz CT molecular complexity index is 837. The zero-order valence-corrected chi connectivity index (χ0v) is 15.8. The Morgan fingerprint density at radius 2 is 1.82 bits per heavy atom. The van der Waals surface area contributed by atoms with Crippen molar-refractivity contribution in [3.8, 4) is 23.0 Å². The first-order chi connectivity index (χ1) is 13.7. The smallest absolute Gasteiger partial charge is 0.231 e. The fourth-order valence-corrected chi connectivity index (χ4v) is 3.96. The van der Waals surface area contributed by atoms with Gasteiger partial charge in [0.15, 0.2) is 23.0 Å². The molecule has 150 valence electrons. The highest BCUT2D eigenvalue weighted by atomic mass is 16.7. The molecule has 0 saturated carbocycles. The van der Waals surface area contributed by atoms with Gasteiger partial charge in [0.25, 0.3) is 0 Å². The number of methoxy groups -OCH3 is 2. The summed E-state index contributed by atoms with van der Waals surface area (Å²) in [6.45, 7) is 0.433. The largest absolute Gasteiger partial charge is 0.493 e. The van der Waals surface area contributed by atoms with Crippen LogP contribution in [0.2, 0.25) is 0 Å². The fourth-order valence-electron chi connectivity index (χ4n) is 3.96. The molecule has 2 aliphatic rings. The number of ether oxygens (including phenoxy) is 5. The molecule has 7 heteroatoms. The Morgan fingerprint density at radius 3 is 2.57 bits per heavy atom. The van der Waals surface area contributed by atoms with Crippen LogP contribution in [0.4, 0.5) is 0 Å². The molecule has 0 spiro atoms. The van der Waals surface area contributed by atoms with Crippen molar-refractivity contribution in [1.29, 1.82) is 0 Å². The van der Waals surface area contributed by atoms with Crippen LogP contribution in [-0.2, 0) is 4.74 Å². The zero-order valence-electron chi connectivity index (χ0n) is 15.8. The first kappa shape index (κ1) is 18.9. The molecular formula is C21H24O7. The Kier molecular flexibility index (Phi) is 5.30. The molecule has 2 aromatic rings. The molecule has 2 aromatic carbocycles. The molecule has 0 amide bonds. The van der Waals surface area contributed by atoms with E-state index in [9.17, 15) is 10.2 Å². The molecule has 2 heterocycles. The molecule has 0 unspecified atom stereocenters. The lowest BCUT2D eigenvalue weighted by Crippen LogP contribution is -2.25. The second kappa shape index (κ2) is 7.87. The number of benzene rings is 2. The summed E-state index contributed by atoms with van der Waals surface area (Å²) in [5.74, 6) is 1.98. The van der Waals surface area contributed by atoms with Crippen LogP contribution in [0.15, 0.2) is 36.4 Å². The molecule has 4 atom stereocenters. The van der Waals surface area contributed by atoms with Crippen LogP contribution in [0.3, 0.4) is 0 Å². The molecule has 4 rings (SSSR count). The van der Waals surface area contributed by atoms with Crippen LogP contribution in [0.25, 0.3) is 0 Å². The van der Waals surface area contributed by atoms with E-state index in [0.29, 0.717) is 35.2 Å². The molecule has 1 saturated heterocycles. The standard InChI is InChI=1S/C21H24O7/c1-24-16-5-3-12(7-18(16)25-2)20(23)15-10-26-21(14(15)9-22)13-4-6-17-19(8-13)28-11-27-17/h3-8,14-15,20-23H,9-11H2,1-2H3/t14-,15+,20+,21+/m0/s1. The van der Waals surface area contributed by atoms with Crippen LogP contribution in [0.1, 0.15) is 23.3 Å². The summed E-state index contributed by atoms with van der Waals surface area (Å²) >= 11 is 0. The normalized spacial score (nSPS) is 24.2. The van der Waals surface area contributed by atoms with E-state index in [4.69, 9.17) is 23.7 Å². The van der Waals surface area contributed by atoms with Gasteiger partial charge in [-0.3, -0.25) is 0 Å². The minimum absolute atomic E-state index is 0.103. The van der Waals surface area contributed by atoms with E-state index < -0.39 is 6.10 Å². The average Bonchev–Trinajstić information content (AvgIpc) is 3.38. The minimum atomic E-state index is -0.809. The van der Waals surface area contributed by atoms with Crippen molar-refractivity contribution in [1.82, 2.24) is 0 Å². The molecule has 0 radical (unpaired) electrons. The summed E-state index contributed by atoms with van der Waals surface area (Å²) in [5.41, 5.74) is 1.58. The highest BCUT2D eigenvalue weighted by molar-refractivity contribution is 5.46. The number of hydrogen-bond acceptors (Lipinski definition) is 7. The summed E-state index contributed by atoms with van der Waals surface area (Å²) in [7, 11) is 3.12. The van der Waals surface area contributed by atoms with Crippen molar-refractivity contribution in [2.75, 3.05) is 34.2 Å². The van der Waals surface area contributed by atoms with Gasteiger partial charge in [0.2, 0.25) is 6.79 Å². The van der Waals surface area contributed by atoms with Crippen LogP contribution < -0.4 is 18.9 Å². The van der Waals surface area contributed by atoms with Gasteiger partial charge >= 0.3 is 0 Å². The van der Waals surface area contributed by atoms with Crippen LogP contribution >= 0.6 is 0 Å². The van der Waals surface area contributed by atoms with Gasteiger partial charge in [0, 0.05) is 18.4 Å². The van der Waals surface area contributed by atoms with Crippen LogP contribution in [0.5, 0.6) is 23.0 Å². The number of hydrogen-bond donors (Lipinski definition) is 2. The average molecular weight is 388 g/mol. The molecule has 28 heavy (non-hydrogen) atoms. The van der Waals surface area contributed by atoms with E-state index >= 15 is 0 Å². The number of aliphatic hydroxyl groups is 2. The van der Waals surface area contributed by atoms with Crippen molar-refractivity contribution in [2.24, 2.45) is 11.8 Å². The summed E-state index contributed by atoms with van der Waals surface area (Å²) < 4.78 is 27.4. The third-order valence-electron chi connectivity index (χ3n) is 5.50. The summed E-state index contributed by atoms with van der Waals surface area (Å²) in [6.07, 6.45) is -1.14. The predicted molar refractivity (Wildman–Crippen MR) is 99.8 cm³/mol. The molecule has 7 nitrogen and oxygen atoms in total. The Balaban J connectivity index is 1.57. The lowest BCUT2D eigenvalue weighted by atomic mass is 9.82. The van der Waals surface area contributed by atoms with E-state index in [-0.39, 0.29) is 31.3 Å². The molecule has 0 aromatic heterocycles. The third-order valence-corrected chi connectivity index (χ3v) is 5.50. The number of fused-ring (bicyclic) bond motifs is 1. The summed E-state index contributed by atoms with van der Waals surface area (Å²) in [4.78, 5) is 0. The number of aliphatic hydroxyl groups excluding tert-OH is 2. The highest BCUT2D eigenvalue weighted by Crippen LogP contribution is 2.46. The SMILES string of the molecule is COc1ccc([C@@H](O)[C@@H]2CO[C@H](c3ccc4c(c3)OCO4)[C@H]2CO)cc1OC. The first-order valence-electron chi connectivity index (χ1n) is 9.18. The monoisotopic (exact) mass is 388 g/mol. The van der Waals surface area contributed by atoms with Gasteiger partial charge in [-0.2, -0.15) is 0 Å². The first-order valence-corrected chi connectivity index (χ1v) is 9.18. The molecule has 0 bridgehead atoms. The maximum atomic E-state index is 11.0. The van der Waals surface area contributed by atoms with Gasteiger partial charge in [0.05, 0.1) is 33.0 Å². The van der Waals surface area contributed by atoms with Gasteiger partial charge in [0.1, 0.15) is 0 Å². The Labute approximate surface area is 163 Å². The lowest BCUT2D eigenvalue weighted by Gasteiger charge is -2.25. The van der Waals surface area contributed by atoms with E-state index in [1.807, 2.05) is 18.2 Å². The fraction of sp³-hybridized carbons (Fsp3) is 0.429. The second-order valence-corrected chi connectivity index (χ2v) is 6.94. The summed E-state index contributed by atoms with van der Waals surface area (Å²) in [6, 6.07) is 10.9. The zero-order chi connectivity index (χ0) is 19.7. The molecule has 0 aliphatic carbocycles. The maximum absolute atomic E-state index is 11.0. The van der Waals surface area contributed by atoms with Gasteiger partial charge in [-0.25, -0.2) is 0 Å². The third kappa shape index (κ3) is 3.26. The summed E-state index contributed by atoms with van der Waals surface area (Å²) in [5, 5.41) is 21.0. The van der Waals surface area contributed by atoms with E-state index in [1.165, 1.54) is 0 Å². The number of rotatable bonds is 6. The second-order valence-electron chi connectivity index (χ2n) is 6.94. The van der Waals surface area contributed by atoms with Crippen molar-refractivity contribution in [2.45, 2.75) is 12.2 Å². The van der Waals surface area contributed by atoms with Crippen molar-refractivity contribution < 1.29 is 33.9 Å². The maximum Gasteiger partial charge on any atom is 0.231 e. The predicted octanol–water partition coefficient (Wildman–Crippen LogP) is 2.46.